The number of nitrogens with zero attached hydrogens (tertiary/aromatic N) is 1. The monoisotopic (exact) mass is 273 g/mol. The van der Waals surface area contributed by atoms with Gasteiger partial charge in [-0.2, -0.15) is 0 Å². The van der Waals surface area contributed by atoms with Crippen molar-refractivity contribution in [1.29, 1.82) is 0 Å². The molecule has 0 fully saturated rings. The standard InChI is InChI=1S/C16H20NOP/c1-17(2)13-14-18-19(15-9-5-3-6-10-15)16-11-7-4-8-12-16/h3-12H,13-14H2,1-2H3. The summed E-state index contributed by atoms with van der Waals surface area (Å²) in [5.74, 6) is 0. The fourth-order valence-corrected chi connectivity index (χ4v) is 3.49. The Morgan fingerprint density at radius 1 is 0.842 bits per heavy atom. The number of hydrogen-bond donors (Lipinski definition) is 0. The molecule has 3 heteroatoms. The van der Waals surface area contributed by atoms with Gasteiger partial charge in [0.1, 0.15) is 0 Å². The molecule has 0 saturated heterocycles. The molecule has 0 aromatic heterocycles. The highest BCUT2D eigenvalue weighted by Crippen LogP contribution is 2.34. The molecular formula is C16H20NOP. The van der Waals surface area contributed by atoms with Gasteiger partial charge in [-0.15, -0.1) is 0 Å². The summed E-state index contributed by atoms with van der Waals surface area (Å²) in [5.41, 5.74) is 0. The zero-order chi connectivity index (χ0) is 13.5. The molecule has 0 aliphatic rings. The minimum Gasteiger partial charge on any atom is -0.348 e. The van der Waals surface area contributed by atoms with Crippen LogP contribution in [0.2, 0.25) is 0 Å². The summed E-state index contributed by atoms with van der Waals surface area (Å²) in [7, 11) is 3.42. The van der Waals surface area contributed by atoms with Gasteiger partial charge in [0.2, 0.25) is 0 Å². The Kier molecular flexibility index (Phi) is 5.53. The molecule has 0 heterocycles. The van der Waals surface area contributed by atoms with Crippen LogP contribution < -0.4 is 10.6 Å². The lowest BCUT2D eigenvalue weighted by Gasteiger charge is -2.19. The summed E-state index contributed by atoms with van der Waals surface area (Å²) in [6, 6.07) is 21.0. The Labute approximate surface area is 116 Å². The van der Waals surface area contributed by atoms with Crippen LogP contribution in [0.25, 0.3) is 0 Å². The van der Waals surface area contributed by atoms with Crippen LogP contribution in [0.4, 0.5) is 0 Å². The third-order valence-corrected chi connectivity index (χ3v) is 4.72. The minimum atomic E-state index is -0.708. The van der Waals surface area contributed by atoms with Crippen LogP contribution in [0.3, 0.4) is 0 Å². The van der Waals surface area contributed by atoms with Gasteiger partial charge in [0.15, 0.2) is 0 Å². The molecule has 2 aromatic carbocycles. The van der Waals surface area contributed by atoms with Crippen LogP contribution in [0.5, 0.6) is 0 Å². The molecule has 0 bridgehead atoms. The molecule has 0 aliphatic heterocycles. The van der Waals surface area contributed by atoms with Crippen molar-refractivity contribution in [3.05, 3.63) is 60.7 Å². The molecule has 2 nitrogen and oxygen atoms in total. The average molecular weight is 273 g/mol. The van der Waals surface area contributed by atoms with E-state index in [0.29, 0.717) is 0 Å². The first-order chi connectivity index (χ1) is 9.27. The molecule has 2 aromatic rings. The van der Waals surface area contributed by atoms with Gasteiger partial charge < -0.3 is 9.42 Å². The maximum atomic E-state index is 6.15. The largest absolute Gasteiger partial charge is 0.348 e. The van der Waals surface area contributed by atoms with E-state index in [1.165, 1.54) is 10.6 Å². The van der Waals surface area contributed by atoms with Gasteiger partial charge in [-0.1, -0.05) is 60.7 Å². The van der Waals surface area contributed by atoms with Crippen LogP contribution >= 0.6 is 8.15 Å². The number of rotatable bonds is 6. The van der Waals surface area contributed by atoms with Crippen molar-refractivity contribution in [3.63, 3.8) is 0 Å². The van der Waals surface area contributed by atoms with Crippen LogP contribution in [0.1, 0.15) is 0 Å². The molecule has 0 unspecified atom stereocenters. The Morgan fingerprint density at radius 3 is 1.74 bits per heavy atom. The smallest absolute Gasteiger partial charge is 0.0918 e. The Hall–Kier alpha value is -1.21. The molecule has 19 heavy (non-hydrogen) atoms. The van der Waals surface area contributed by atoms with E-state index in [4.69, 9.17) is 4.52 Å². The van der Waals surface area contributed by atoms with E-state index in [2.05, 4.69) is 67.5 Å². The van der Waals surface area contributed by atoms with E-state index in [0.717, 1.165) is 13.2 Å². The summed E-state index contributed by atoms with van der Waals surface area (Å²) in [6.45, 7) is 1.70. The van der Waals surface area contributed by atoms with E-state index in [1.54, 1.807) is 0 Å². The predicted octanol–water partition coefficient (Wildman–Crippen LogP) is 2.61. The lowest BCUT2D eigenvalue weighted by atomic mass is 10.4. The highest BCUT2D eigenvalue weighted by atomic mass is 31.1. The van der Waals surface area contributed by atoms with Crippen molar-refractivity contribution in [2.24, 2.45) is 0 Å². The Bertz CT molecular complexity index is 433. The van der Waals surface area contributed by atoms with Crippen molar-refractivity contribution >= 4 is 18.8 Å². The van der Waals surface area contributed by atoms with E-state index < -0.39 is 8.15 Å². The molecular weight excluding hydrogens is 253 g/mol. The summed E-state index contributed by atoms with van der Waals surface area (Å²) in [4.78, 5) is 2.14. The minimum absolute atomic E-state index is 0.708. The zero-order valence-corrected chi connectivity index (χ0v) is 12.4. The first-order valence-electron chi connectivity index (χ1n) is 6.45. The summed E-state index contributed by atoms with van der Waals surface area (Å²) < 4.78 is 6.15. The van der Waals surface area contributed by atoms with Crippen LogP contribution in [0, 0.1) is 0 Å². The van der Waals surface area contributed by atoms with Crippen LogP contribution in [-0.2, 0) is 4.52 Å². The molecule has 0 aliphatic carbocycles. The predicted molar refractivity (Wildman–Crippen MR) is 83.6 cm³/mol. The lowest BCUT2D eigenvalue weighted by molar-refractivity contribution is 0.286. The van der Waals surface area contributed by atoms with E-state index >= 15 is 0 Å². The van der Waals surface area contributed by atoms with E-state index in [-0.39, 0.29) is 0 Å². The Morgan fingerprint density at radius 2 is 1.32 bits per heavy atom. The van der Waals surface area contributed by atoms with Crippen molar-refractivity contribution in [2.75, 3.05) is 27.2 Å². The van der Waals surface area contributed by atoms with Gasteiger partial charge in [-0.25, -0.2) is 0 Å². The van der Waals surface area contributed by atoms with Gasteiger partial charge in [-0.05, 0) is 14.1 Å². The maximum Gasteiger partial charge on any atom is 0.0918 e. The second kappa shape index (κ2) is 7.40. The molecule has 0 saturated carbocycles. The van der Waals surface area contributed by atoms with E-state index in [9.17, 15) is 0 Å². The molecule has 0 atom stereocenters. The van der Waals surface area contributed by atoms with Gasteiger partial charge in [0.05, 0.1) is 14.8 Å². The SMILES string of the molecule is CN(C)CCOP(c1ccccc1)c1ccccc1. The normalized spacial score (nSPS) is 11.2. The quantitative estimate of drug-likeness (QED) is 0.750. The van der Waals surface area contributed by atoms with Gasteiger partial charge in [0, 0.05) is 17.2 Å². The number of benzene rings is 2. The van der Waals surface area contributed by atoms with Gasteiger partial charge in [-0.3, -0.25) is 0 Å². The Balaban J connectivity index is 2.14. The lowest BCUT2D eigenvalue weighted by Crippen LogP contribution is -2.20. The molecule has 100 valence electrons. The molecule has 0 N–H and O–H groups in total. The second-order valence-corrected chi connectivity index (χ2v) is 6.48. The summed E-state index contributed by atoms with van der Waals surface area (Å²) >= 11 is 0. The molecule has 0 amide bonds. The highest BCUT2D eigenvalue weighted by molar-refractivity contribution is 7.68. The summed E-state index contributed by atoms with van der Waals surface area (Å²) in [6.07, 6.45) is 0. The zero-order valence-electron chi connectivity index (χ0n) is 11.5. The van der Waals surface area contributed by atoms with E-state index in [1.807, 2.05) is 12.1 Å². The van der Waals surface area contributed by atoms with Crippen LogP contribution in [-0.4, -0.2) is 32.1 Å². The first kappa shape index (κ1) is 14.2. The van der Waals surface area contributed by atoms with Crippen molar-refractivity contribution in [2.45, 2.75) is 0 Å². The number of hydrogen-bond acceptors (Lipinski definition) is 2. The molecule has 0 spiro atoms. The van der Waals surface area contributed by atoms with Crippen molar-refractivity contribution < 1.29 is 4.52 Å². The highest BCUT2D eigenvalue weighted by Gasteiger charge is 2.14. The molecule has 2 rings (SSSR count). The second-order valence-electron chi connectivity index (χ2n) is 4.60. The fraction of sp³-hybridized carbons (Fsp3) is 0.250. The van der Waals surface area contributed by atoms with Crippen LogP contribution in [0.15, 0.2) is 60.7 Å². The maximum absolute atomic E-state index is 6.15. The third kappa shape index (κ3) is 4.43. The number of likely N-dealkylation sites (N-methyl/N-ethyl adjacent to an activating group) is 1. The van der Waals surface area contributed by atoms with Gasteiger partial charge in [0.25, 0.3) is 0 Å². The van der Waals surface area contributed by atoms with Crippen molar-refractivity contribution in [1.82, 2.24) is 4.90 Å². The first-order valence-corrected chi connectivity index (χ1v) is 7.71. The van der Waals surface area contributed by atoms with Gasteiger partial charge >= 0.3 is 0 Å². The average Bonchev–Trinajstić information content (AvgIpc) is 2.45. The topological polar surface area (TPSA) is 12.5 Å². The summed E-state index contributed by atoms with van der Waals surface area (Å²) in [5, 5.41) is 2.53. The van der Waals surface area contributed by atoms with Crippen molar-refractivity contribution in [3.8, 4) is 0 Å². The molecule has 0 radical (unpaired) electrons. The fourth-order valence-electron chi connectivity index (χ4n) is 1.74. The third-order valence-electron chi connectivity index (χ3n) is 2.74.